The summed E-state index contributed by atoms with van der Waals surface area (Å²) in [5.74, 6) is -0.00452. The van der Waals surface area contributed by atoms with Gasteiger partial charge in [-0.2, -0.15) is 0 Å². The van der Waals surface area contributed by atoms with Gasteiger partial charge >= 0.3 is 0 Å². The summed E-state index contributed by atoms with van der Waals surface area (Å²) < 4.78 is 31.7. The highest BCUT2D eigenvalue weighted by Crippen LogP contribution is 2.19. The maximum Gasteiger partial charge on any atom is 0.218 e. The molecule has 6 nitrogen and oxygen atoms in total. The third-order valence-corrected chi connectivity index (χ3v) is 5.42. The van der Waals surface area contributed by atoms with Gasteiger partial charge in [-0.15, -0.1) is 0 Å². The Bertz CT molecular complexity index is 537. The third kappa shape index (κ3) is 4.67. The number of anilines is 1. The first-order chi connectivity index (χ1) is 10.0. The van der Waals surface area contributed by atoms with Crippen molar-refractivity contribution in [2.45, 2.75) is 24.7 Å². The molecule has 118 valence electrons. The zero-order chi connectivity index (χ0) is 15.3. The van der Waals surface area contributed by atoms with Gasteiger partial charge in [0.05, 0.1) is 25.1 Å². The second-order valence-corrected chi connectivity index (χ2v) is 7.16. The molecule has 0 radical (unpaired) electrons. The van der Waals surface area contributed by atoms with Gasteiger partial charge in [-0.1, -0.05) is 12.1 Å². The van der Waals surface area contributed by atoms with Crippen molar-refractivity contribution >= 4 is 15.7 Å². The zero-order valence-electron chi connectivity index (χ0n) is 11.9. The molecule has 1 fully saturated rings. The van der Waals surface area contributed by atoms with E-state index in [4.69, 9.17) is 15.6 Å². The van der Waals surface area contributed by atoms with Gasteiger partial charge in [0.1, 0.15) is 0 Å². The van der Waals surface area contributed by atoms with Crippen molar-refractivity contribution in [1.29, 1.82) is 0 Å². The van der Waals surface area contributed by atoms with E-state index in [1.807, 2.05) is 0 Å². The number of benzene rings is 1. The lowest BCUT2D eigenvalue weighted by Gasteiger charge is -2.31. The second-order valence-electron chi connectivity index (χ2n) is 5.19. The van der Waals surface area contributed by atoms with Crippen molar-refractivity contribution in [3.63, 3.8) is 0 Å². The van der Waals surface area contributed by atoms with Crippen LogP contribution in [0.5, 0.6) is 0 Å². The molecule has 7 heteroatoms. The molecule has 1 heterocycles. The molecule has 0 aromatic heterocycles. The largest absolute Gasteiger partial charge is 0.399 e. The lowest BCUT2D eigenvalue weighted by Crippen LogP contribution is -2.41. The highest BCUT2D eigenvalue weighted by atomic mass is 32.2. The fraction of sp³-hybridized carbons (Fsp3) is 0.571. The quantitative estimate of drug-likeness (QED) is 0.749. The minimum Gasteiger partial charge on any atom is -0.399 e. The Kier molecular flexibility index (Phi) is 5.58. The van der Waals surface area contributed by atoms with Crippen LogP contribution in [0.3, 0.4) is 0 Å². The van der Waals surface area contributed by atoms with Gasteiger partial charge in [0.25, 0.3) is 0 Å². The molecule has 3 N–H and O–H groups in total. The van der Waals surface area contributed by atoms with Crippen LogP contribution in [0, 0.1) is 0 Å². The molecule has 0 amide bonds. The molecule has 0 aliphatic carbocycles. The summed E-state index contributed by atoms with van der Waals surface area (Å²) in [7, 11) is -3.31. The molecule has 1 aromatic rings. The standard InChI is InChI=1S/C14H22N2O4S/c15-13-3-1-12(2-4-13)11-21(18,19)16-7-5-14(6-8-16)20-10-9-17/h1-4,14,17H,5-11,15H2. The number of ether oxygens (including phenoxy) is 1. The predicted octanol–water partition coefficient (Wildman–Crippen LogP) is 0.572. The monoisotopic (exact) mass is 314 g/mol. The third-order valence-electron chi connectivity index (χ3n) is 3.57. The summed E-state index contributed by atoms with van der Waals surface area (Å²) in [5.41, 5.74) is 6.96. The van der Waals surface area contributed by atoms with Gasteiger partial charge in [0.2, 0.25) is 10.0 Å². The first-order valence-electron chi connectivity index (χ1n) is 7.06. The van der Waals surface area contributed by atoms with Crippen molar-refractivity contribution in [1.82, 2.24) is 4.31 Å². The maximum absolute atomic E-state index is 12.4. The zero-order valence-corrected chi connectivity index (χ0v) is 12.8. The molecule has 0 saturated carbocycles. The van der Waals surface area contributed by atoms with Gasteiger partial charge in [0.15, 0.2) is 0 Å². The van der Waals surface area contributed by atoms with Gasteiger partial charge in [-0.3, -0.25) is 0 Å². The number of piperidine rings is 1. The number of nitrogens with two attached hydrogens (primary N) is 1. The van der Waals surface area contributed by atoms with Crippen molar-refractivity contribution in [2.24, 2.45) is 0 Å². The van der Waals surface area contributed by atoms with E-state index in [-0.39, 0.29) is 18.5 Å². The second kappa shape index (κ2) is 7.22. The van der Waals surface area contributed by atoms with E-state index < -0.39 is 10.0 Å². The molecule has 0 unspecified atom stereocenters. The average Bonchev–Trinajstić information content (AvgIpc) is 2.48. The Morgan fingerprint density at radius 3 is 2.43 bits per heavy atom. The van der Waals surface area contributed by atoms with E-state index in [2.05, 4.69) is 0 Å². The first kappa shape index (κ1) is 16.2. The van der Waals surface area contributed by atoms with Crippen molar-refractivity contribution in [2.75, 3.05) is 32.0 Å². The number of sulfonamides is 1. The van der Waals surface area contributed by atoms with Crippen LogP contribution < -0.4 is 5.73 Å². The molecule has 1 aliphatic heterocycles. The smallest absolute Gasteiger partial charge is 0.218 e. The Balaban J connectivity index is 1.90. The highest BCUT2D eigenvalue weighted by molar-refractivity contribution is 7.88. The van der Waals surface area contributed by atoms with Crippen LogP contribution in [0.4, 0.5) is 5.69 Å². The molecule has 21 heavy (non-hydrogen) atoms. The molecule has 0 bridgehead atoms. The maximum atomic E-state index is 12.4. The van der Waals surface area contributed by atoms with Gasteiger partial charge in [-0.05, 0) is 30.5 Å². The fourth-order valence-electron chi connectivity index (χ4n) is 2.41. The molecular weight excluding hydrogens is 292 g/mol. The fourth-order valence-corrected chi connectivity index (χ4v) is 3.98. The van der Waals surface area contributed by atoms with Crippen LogP contribution in [0.15, 0.2) is 24.3 Å². The van der Waals surface area contributed by atoms with E-state index in [9.17, 15) is 8.42 Å². The van der Waals surface area contributed by atoms with E-state index in [1.54, 1.807) is 24.3 Å². The normalized spacial score (nSPS) is 18.0. The number of nitrogens with zero attached hydrogens (tertiary/aromatic N) is 1. The minimum absolute atomic E-state index is 0.00431. The Labute approximate surface area is 125 Å². The van der Waals surface area contributed by atoms with Crippen LogP contribution in [-0.4, -0.2) is 50.2 Å². The molecule has 0 atom stereocenters. The number of nitrogen functional groups attached to an aromatic ring is 1. The Morgan fingerprint density at radius 1 is 1.24 bits per heavy atom. The SMILES string of the molecule is Nc1ccc(CS(=O)(=O)N2CCC(OCCO)CC2)cc1. The van der Waals surface area contributed by atoms with Gasteiger partial charge < -0.3 is 15.6 Å². The molecule has 2 rings (SSSR count). The first-order valence-corrected chi connectivity index (χ1v) is 8.67. The van der Waals surface area contributed by atoms with Crippen molar-refractivity contribution in [3.05, 3.63) is 29.8 Å². The summed E-state index contributed by atoms with van der Waals surface area (Å²) >= 11 is 0. The minimum atomic E-state index is -3.31. The van der Waals surface area contributed by atoms with Gasteiger partial charge in [-0.25, -0.2) is 12.7 Å². The van der Waals surface area contributed by atoms with Crippen molar-refractivity contribution < 1.29 is 18.3 Å². The van der Waals surface area contributed by atoms with Crippen LogP contribution in [0.25, 0.3) is 0 Å². The predicted molar refractivity (Wildman–Crippen MR) is 81.1 cm³/mol. The number of hydrogen-bond acceptors (Lipinski definition) is 5. The van der Waals surface area contributed by atoms with Crippen LogP contribution in [-0.2, 0) is 20.5 Å². The van der Waals surface area contributed by atoms with Gasteiger partial charge in [0, 0.05) is 18.8 Å². The molecular formula is C14H22N2O4S. The molecule has 1 saturated heterocycles. The molecule has 0 spiro atoms. The van der Waals surface area contributed by atoms with E-state index >= 15 is 0 Å². The van der Waals surface area contributed by atoms with Crippen LogP contribution in [0.1, 0.15) is 18.4 Å². The van der Waals surface area contributed by atoms with E-state index in [0.29, 0.717) is 38.2 Å². The lowest BCUT2D eigenvalue weighted by atomic mass is 10.1. The summed E-state index contributed by atoms with van der Waals surface area (Å²) in [5, 5.41) is 8.72. The van der Waals surface area contributed by atoms with Crippen molar-refractivity contribution in [3.8, 4) is 0 Å². The van der Waals surface area contributed by atoms with Crippen LogP contribution in [0.2, 0.25) is 0 Å². The number of aliphatic hydroxyl groups is 1. The highest BCUT2D eigenvalue weighted by Gasteiger charge is 2.28. The summed E-state index contributed by atoms with van der Waals surface area (Å²) in [6.45, 7) is 1.24. The topological polar surface area (TPSA) is 92.9 Å². The number of rotatable bonds is 6. The lowest BCUT2D eigenvalue weighted by molar-refractivity contribution is 0.00317. The number of hydrogen-bond donors (Lipinski definition) is 2. The number of aliphatic hydroxyl groups excluding tert-OH is 1. The molecule has 1 aromatic carbocycles. The molecule has 1 aliphatic rings. The summed E-state index contributed by atoms with van der Waals surface area (Å²) in [4.78, 5) is 0. The van der Waals surface area contributed by atoms with E-state index in [1.165, 1.54) is 4.31 Å². The Hall–Kier alpha value is -1.15. The van der Waals surface area contributed by atoms with Crippen LogP contribution >= 0.6 is 0 Å². The summed E-state index contributed by atoms with van der Waals surface area (Å²) in [6.07, 6.45) is 1.38. The average molecular weight is 314 g/mol. The summed E-state index contributed by atoms with van der Waals surface area (Å²) in [6, 6.07) is 6.90. The van der Waals surface area contributed by atoms with E-state index in [0.717, 1.165) is 5.56 Å². The Morgan fingerprint density at radius 2 is 1.86 bits per heavy atom.